The summed E-state index contributed by atoms with van der Waals surface area (Å²) in [4.78, 5) is 12.0. The molecule has 1 aliphatic carbocycles. The third-order valence-corrected chi connectivity index (χ3v) is 6.48. The summed E-state index contributed by atoms with van der Waals surface area (Å²) in [5.74, 6) is -0.612. The van der Waals surface area contributed by atoms with Crippen molar-refractivity contribution in [2.45, 2.75) is 25.9 Å². The number of carbonyl (C=O) groups is 1. The lowest BCUT2D eigenvalue weighted by atomic mass is 10.3. The zero-order chi connectivity index (χ0) is 13.4. The summed E-state index contributed by atoms with van der Waals surface area (Å²) in [5.41, 5.74) is 0. The summed E-state index contributed by atoms with van der Waals surface area (Å²) in [6, 6.07) is 0. The van der Waals surface area contributed by atoms with E-state index >= 15 is 0 Å². The molecule has 102 valence electrons. The number of allylic oxidation sites excluding steroid dienone is 2. The first-order valence-corrected chi connectivity index (χ1v) is 7.82. The first kappa shape index (κ1) is 13.8. The van der Waals surface area contributed by atoms with Crippen LogP contribution in [0.5, 0.6) is 0 Å². The summed E-state index contributed by atoms with van der Waals surface area (Å²) in [6.45, 7) is 6.16. The van der Waals surface area contributed by atoms with Crippen molar-refractivity contribution < 1.29 is 23.1 Å². The Morgan fingerprint density at radius 3 is 2.56 bits per heavy atom. The van der Waals surface area contributed by atoms with Crippen molar-refractivity contribution in [1.82, 2.24) is 0 Å². The molecule has 0 aromatic rings. The molecule has 5 nitrogen and oxygen atoms in total. The molecule has 1 aliphatic heterocycles. The molecule has 0 aromatic carbocycles. The SMILES string of the molecule is C/C=C/[C@@H]1[C@H]2COC(=O)[C@@]12P(=O)(OCC)OCC. The molecule has 3 atom stereocenters. The third kappa shape index (κ3) is 1.61. The van der Waals surface area contributed by atoms with E-state index in [2.05, 4.69) is 0 Å². The highest BCUT2D eigenvalue weighted by atomic mass is 31.2. The van der Waals surface area contributed by atoms with Crippen LogP contribution in [0.3, 0.4) is 0 Å². The Morgan fingerprint density at radius 1 is 1.44 bits per heavy atom. The Balaban J connectivity index is 2.38. The van der Waals surface area contributed by atoms with Gasteiger partial charge in [-0.05, 0) is 20.8 Å². The molecule has 0 bridgehead atoms. The number of fused-ring (bicyclic) bond motifs is 1. The van der Waals surface area contributed by atoms with Crippen molar-refractivity contribution in [3.05, 3.63) is 12.2 Å². The van der Waals surface area contributed by atoms with E-state index < -0.39 is 18.7 Å². The quantitative estimate of drug-likeness (QED) is 0.423. The molecular weight excluding hydrogens is 255 g/mol. The zero-order valence-corrected chi connectivity index (χ0v) is 11.8. The molecule has 2 rings (SSSR count). The van der Waals surface area contributed by atoms with Gasteiger partial charge in [0.1, 0.15) is 0 Å². The lowest BCUT2D eigenvalue weighted by molar-refractivity contribution is -0.141. The van der Waals surface area contributed by atoms with Gasteiger partial charge in [-0.1, -0.05) is 12.2 Å². The highest BCUT2D eigenvalue weighted by Crippen LogP contribution is 2.79. The van der Waals surface area contributed by atoms with Crippen LogP contribution in [-0.2, 0) is 23.1 Å². The molecule has 6 heteroatoms. The maximum atomic E-state index is 12.9. The van der Waals surface area contributed by atoms with Gasteiger partial charge in [0.25, 0.3) is 0 Å². The van der Waals surface area contributed by atoms with Crippen molar-refractivity contribution in [2.75, 3.05) is 19.8 Å². The van der Waals surface area contributed by atoms with Crippen molar-refractivity contribution >= 4 is 13.6 Å². The van der Waals surface area contributed by atoms with Gasteiger partial charge >= 0.3 is 13.6 Å². The molecule has 0 aromatic heterocycles. The van der Waals surface area contributed by atoms with Crippen molar-refractivity contribution in [3.63, 3.8) is 0 Å². The van der Waals surface area contributed by atoms with Crippen molar-refractivity contribution in [1.29, 1.82) is 0 Å². The molecular formula is C12H19O5P. The Labute approximate surface area is 107 Å². The van der Waals surface area contributed by atoms with E-state index in [1.54, 1.807) is 13.8 Å². The van der Waals surface area contributed by atoms with Gasteiger partial charge in [-0.25, -0.2) is 0 Å². The van der Waals surface area contributed by atoms with E-state index in [1.807, 2.05) is 19.1 Å². The average Bonchev–Trinajstić information content (AvgIpc) is 2.83. The molecule has 2 aliphatic rings. The highest BCUT2D eigenvalue weighted by molar-refractivity contribution is 7.57. The third-order valence-electron chi connectivity index (χ3n) is 3.57. The minimum absolute atomic E-state index is 0.0786. The van der Waals surface area contributed by atoms with Gasteiger partial charge in [-0.2, -0.15) is 0 Å². The number of carbonyl (C=O) groups excluding carboxylic acids is 1. The van der Waals surface area contributed by atoms with E-state index in [4.69, 9.17) is 13.8 Å². The van der Waals surface area contributed by atoms with E-state index in [9.17, 15) is 9.36 Å². The van der Waals surface area contributed by atoms with Crippen LogP contribution in [0.25, 0.3) is 0 Å². The fourth-order valence-electron chi connectivity index (χ4n) is 2.85. The second kappa shape index (κ2) is 4.80. The fraction of sp³-hybridized carbons (Fsp3) is 0.750. The first-order valence-electron chi connectivity index (χ1n) is 6.27. The number of hydrogen-bond donors (Lipinski definition) is 0. The minimum atomic E-state index is -3.47. The van der Waals surface area contributed by atoms with Crippen LogP contribution in [0.15, 0.2) is 12.2 Å². The molecule has 1 saturated carbocycles. The number of ether oxygens (including phenoxy) is 1. The molecule has 0 unspecified atom stereocenters. The minimum Gasteiger partial charge on any atom is -0.464 e. The highest BCUT2D eigenvalue weighted by Gasteiger charge is 2.83. The summed E-state index contributed by atoms with van der Waals surface area (Å²) >= 11 is 0. The van der Waals surface area contributed by atoms with E-state index in [-0.39, 0.29) is 25.0 Å². The fourth-order valence-corrected chi connectivity index (χ4v) is 5.52. The molecule has 18 heavy (non-hydrogen) atoms. The van der Waals surface area contributed by atoms with Gasteiger partial charge in [0.15, 0.2) is 5.16 Å². The molecule has 0 spiro atoms. The summed E-state index contributed by atoms with van der Waals surface area (Å²) in [6.07, 6.45) is 3.76. The first-order chi connectivity index (χ1) is 8.58. The van der Waals surface area contributed by atoms with E-state index in [1.165, 1.54) is 0 Å². The van der Waals surface area contributed by atoms with Gasteiger partial charge in [-0.15, -0.1) is 0 Å². The maximum Gasteiger partial charge on any atom is 0.348 e. The Morgan fingerprint density at radius 2 is 2.06 bits per heavy atom. The number of cyclic esters (lactones) is 1. The Kier molecular flexibility index (Phi) is 3.67. The lowest BCUT2D eigenvalue weighted by Crippen LogP contribution is -2.27. The second-order valence-electron chi connectivity index (χ2n) is 4.41. The molecule has 1 saturated heterocycles. The van der Waals surface area contributed by atoms with Crippen molar-refractivity contribution in [2.24, 2.45) is 11.8 Å². The molecule has 0 radical (unpaired) electrons. The molecule has 1 heterocycles. The molecule has 2 fully saturated rings. The predicted molar refractivity (Wildman–Crippen MR) is 66.3 cm³/mol. The van der Waals surface area contributed by atoms with Crippen LogP contribution in [0.1, 0.15) is 20.8 Å². The van der Waals surface area contributed by atoms with Crippen LogP contribution in [-0.4, -0.2) is 30.9 Å². The topological polar surface area (TPSA) is 61.8 Å². The van der Waals surface area contributed by atoms with Gasteiger partial charge in [0.2, 0.25) is 0 Å². The number of esters is 1. The number of rotatable bonds is 6. The van der Waals surface area contributed by atoms with Crippen LogP contribution in [0, 0.1) is 11.8 Å². The van der Waals surface area contributed by atoms with Gasteiger partial charge in [-0.3, -0.25) is 9.36 Å². The average molecular weight is 274 g/mol. The Hall–Kier alpha value is -0.640. The van der Waals surface area contributed by atoms with Crippen LogP contribution in [0.4, 0.5) is 0 Å². The zero-order valence-electron chi connectivity index (χ0n) is 10.9. The normalized spacial score (nSPS) is 34.7. The summed E-state index contributed by atoms with van der Waals surface area (Å²) in [5, 5.41) is -1.09. The standard InChI is InChI=1S/C12H19O5P/c1-4-7-9-10-8-15-11(13)12(9,10)18(14,16-5-2)17-6-3/h4,7,9-10H,5-6,8H2,1-3H3/b7-4+/t9-,10-,12-/m1/s1. The predicted octanol–water partition coefficient (Wildman–Crippen LogP) is 2.37. The van der Waals surface area contributed by atoms with Crippen molar-refractivity contribution in [3.8, 4) is 0 Å². The van der Waals surface area contributed by atoms with Crippen LogP contribution in [0.2, 0.25) is 0 Å². The monoisotopic (exact) mass is 274 g/mol. The Bertz CT molecular complexity index is 409. The lowest BCUT2D eigenvalue weighted by Gasteiger charge is -2.23. The molecule has 0 N–H and O–H groups in total. The van der Waals surface area contributed by atoms with Gasteiger partial charge in [0.05, 0.1) is 19.8 Å². The summed E-state index contributed by atoms with van der Waals surface area (Å²) < 4.78 is 28.6. The summed E-state index contributed by atoms with van der Waals surface area (Å²) in [7, 11) is -3.47. The van der Waals surface area contributed by atoms with E-state index in [0.29, 0.717) is 6.61 Å². The van der Waals surface area contributed by atoms with Gasteiger partial charge < -0.3 is 13.8 Å². The van der Waals surface area contributed by atoms with Gasteiger partial charge in [0, 0.05) is 11.8 Å². The smallest absolute Gasteiger partial charge is 0.348 e. The largest absolute Gasteiger partial charge is 0.464 e. The van der Waals surface area contributed by atoms with Crippen LogP contribution < -0.4 is 0 Å². The number of hydrogen-bond acceptors (Lipinski definition) is 5. The second-order valence-corrected chi connectivity index (χ2v) is 6.67. The van der Waals surface area contributed by atoms with E-state index in [0.717, 1.165) is 0 Å². The van der Waals surface area contributed by atoms with Crippen LogP contribution >= 0.6 is 7.60 Å². The molecule has 0 amide bonds. The maximum absolute atomic E-state index is 12.9.